The minimum Gasteiger partial charge on any atom is -0.285 e. The van der Waals surface area contributed by atoms with Gasteiger partial charge >= 0.3 is 0 Å². The van der Waals surface area contributed by atoms with Gasteiger partial charge in [-0.05, 0) is 59.0 Å². The van der Waals surface area contributed by atoms with Gasteiger partial charge in [0.25, 0.3) is 17.7 Å². The smallest absolute Gasteiger partial charge is 0.270 e. The van der Waals surface area contributed by atoms with Crippen LogP contribution < -0.4 is 0 Å². The topological polar surface area (TPSA) is 77.9 Å². The van der Waals surface area contributed by atoms with Crippen molar-refractivity contribution < 1.29 is 19.6 Å². The van der Waals surface area contributed by atoms with Crippen LogP contribution in [0.2, 0.25) is 0 Å². The number of carbonyl (C=O) groups excluding carboxylic acids is 3. The molecule has 5 rings (SSSR count). The first kappa shape index (κ1) is 26.3. The summed E-state index contributed by atoms with van der Waals surface area (Å²) < 4.78 is 0. The molecule has 0 fully saturated rings. The van der Waals surface area contributed by atoms with E-state index in [1.54, 1.807) is 45.0 Å². The van der Waals surface area contributed by atoms with Gasteiger partial charge < -0.3 is 0 Å². The maximum absolute atomic E-state index is 14.4. The van der Waals surface area contributed by atoms with Gasteiger partial charge in [-0.2, -0.15) is 0 Å². The lowest BCUT2D eigenvalue weighted by Gasteiger charge is -2.42. The molecular weight excluding hydrogens is 488 g/mol. The van der Waals surface area contributed by atoms with Crippen molar-refractivity contribution in [2.45, 2.75) is 46.7 Å². The summed E-state index contributed by atoms with van der Waals surface area (Å²) in [7, 11) is 0. The molecule has 1 atom stereocenters. The fourth-order valence-corrected chi connectivity index (χ4v) is 5.62. The number of hydrogen-bond acceptors (Lipinski definition) is 4. The Morgan fingerprint density at radius 1 is 0.744 bits per heavy atom. The first-order valence-electron chi connectivity index (χ1n) is 13.0. The van der Waals surface area contributed by atoms with Gasteiger partial charge in [0.2, 0.25) is 0 Å². The average Bonchev–Trinajstić information content (AvgIpc) is 2.90. The second-order valence-corrected chi connectivity index (χ2v) is 11.3. The first-order chi connectivity index (χ1) is 18.5. The molecule has 0 spiro atoms. The summed E-state index contributed by atoms with van der Waals surface area (Å²) in [6.45, 7) is 9.23. The van der Waals surface area contributed by atoms with Gasteiger partial charge in [-0.1, -0.05) is 93.6 Å². The monoisotopic (exact) mass is 520 g/mol. The Hall–Kier alpha value is -4.29. The Labute approximate surface area is 228 Å². The molecule has 1 heterocycles. The molecule has 4 aromatic rings. The van der Waals surface area contributed by atoms with Gasteiger partial charge in [0.15, 0.2) is 0 Å². The number of benzene rings is 4. The lowest BCUT2D eigenvalue weighted by molar-refractivity contribution is -0.181. The molecule has 0 aliphatic carbocycles. The predicted molar refractivity (Wildman–Crippen MR) is 151 cm³/mol. The fraction of sp³-hybridized carbons (Fsp3) is 0.242. The number of nitrogens with zero attached hydrogens (tertiary/aromatic N) is 2. The van der Waals surface area contributed by atoms with Crippen molar-refractivity contribution in [2.24, 2.45) is 5.41 Å². The number of amides is 3. The van der Waals surface area contributed by atoms with Crippen LogP contribution in [0.5, 0.6) is 0 Å². The molecule has 1 aliphatic rings. The van der Waals surface area contributed by atoms with Crippen molar-refractivity contribution in [1.29, 1.82) is 0 Å². The third-order valence-corrected chi connectivity index (χ3v) is 7.55. The van der Waals surface area contributed by atoms with E-state index in [9.17, 15) is 19.6 Å². The van der Waals surface area contributed by atoms with E-state index < -0.39 is 35.2 Å². The van der Waals surface area contributed by atoms with Crippen molar-refractivity contribution in [3.63, 3.8) is 0 Å². The molecule has 4 aromatic carbocycles. The zero-order valence-electron chi connectivity index (χ0n) is 22.8. The predicted octanol–water partition coefficient (Wildman–Crippen LogP) is 6.47. The lowest BCUT2D eigenvalue weighted by atomic mass is 9.82. The van der Waals surface area contributed by atoms with E-state index in [2.05, 4.69) is 0 Å². The van der Waals surface area contributed by atoms with Crippen molar-refractivity contribution in [2.75, 3.05) is 0 Å². The summed E-state index contributed by atoms with van der Waals surface area (Å²) in [4.78, 5) is 43.2. The molecule has 0 aromatic heterocycles. The van der Waals surface area contributed by atoms with Gasteiger partial charge in [-0.15, -0.1) is 0 Å². The van der Waals surface area contributed by atoms with Crippen molar-refractivity contribution in [3.05, 3.63) is 118 Å². The highest BCUT2D eigenvalue weighted by Gasteiger charge is 2.48. The summed E-state index contributed by atoms with van der Waals surface area (Å²) in [5.74, 6) is -1.82. The van der Waals surface area contributed by atoms with Crippen molar-refractivity contribution in [1.82, 2.24) is 9.96 Å². The van der Waals surface area contributed by atoms with Crippen LogP contribution in [0.15, 0.2) is 84.9 Å². The maximum Gasteiger partial charge on any atom is 0.270 e. The normalized spacial score (nSPS) is 14.2. The molecular formula is C33H32N2O4. The molecule has 0 saturated carbocycles. The minimum atomic E-state index is -1.26. The van der Waals surface area contributed by atoms with Gasteiger partial charge in [0.1, 0.15) is 12.1 Å². The fourth-order valence-electron chi connectivity index (χ4n) is 5.62. The van der Waals surface area contributed by atoms with Crippen LogP contribution in [0.1, 0.15) is 69.8 Å². The number of rotatable bonds is 5. The van der Waals surface area contributed by atoms with Gasteiger partial charge in [0, 0.05) is 16.5 Å². The number of carbonyl (C=O) groups is 3. The van der Waals surface area contributed by atoms with Crippen LogP contribution in [0, 0.1) is 19.3 Å². The van der Waals surface area contributed by atoms with E-state index in [-0.39, 0.29) is 0 Å². The lowest BCUT2D eigenvalue weighted by Crippen LogP contribution is -2.59. The highest BCUT2D eigenvalue weighted by atomic mass is 16.5. The van der Waals surface area contributed by atoms with Crippen LogP contribution in [0.4, 0.5) is 0 Å². The Bertz CT molecular complexity index is 1520. The summed E-state index contributed by atoms with van der Waals surface area (Å²) in [6.07, 6.45) is 0. The van der Waals surface area contributed by atoms with Crippen LogP contribution in [0.3, 0.4) is 0 Å². The molecule has 1 aliphatic heterocycles. The standard InChI is InChI=1S/C33H32N2O4/c1-20-12-6-8-16-23(20)28(24-17-9-7-13-21(24)2)35(39)32(38)29(33(3,4)5)34-30(36)25-18-10-14-22-15-11-19-26(27(22)25)31(34)37/h6-19,28-29,39H,1-5H3/t29-/m1/s1. The van der Waals surface area contributed by atoms with Gasteiger partial charge in [-0.3, -0.25) is 24.5 Å². The Morgan fingerprint density at radius 2 is 1.21 bits per heavy atom. The number of imide groups is 1. The van der Waals surface area contributed by atoms with E-state index in [0.717, 1.165) is 32.5 Å². The van der Waals surface area contributed by atoms with E-state index in [4.69, 9.17) is 0 Å². The molecule has 0 radical (unpaired) electrons. The van der Waals surface area contributed by atoms with Crippen LogP contribution >= 0.6 is 0 Å². The summed E-state index contributed by atoms with van der Waals surface area (Å²) in [5, 5.41) is 13.8. The largest absolute Gasteiger partial charge is 0.285 e. The second kappa shape index (κ2) is 9.79. The zero-order valence-corrected chi connectivity index (χ0v) is 22.8. The van der Waals surface area contributed by atoms with Crippen LogP contribution in [0.25, 0.3) is 10.8 Å². The number of hydroxylamine groups is 2. The highest BCUT2D eigenvalue weighted by molar-refractivity contribution is 6.26. The van der Waals surface area contributed by atoms with Crippen molar-refractivity contribution >= 4 is 28.5 Å². The minimum absolute atomic E-state index is 0.364. The van der Waals surface area contributed by atoms with E-state index in [1.165, 1.54) is 0 Å². The molecule has 0 bridgehead atoms. The Balaban J connectivity index is 1.64. The maximum atomic E-state index is 14.4. The molecule has 3 amide bonds. The van der Waals surface area contributed by atoms with E-state index in [1.807, 2.05) is 74.5 Å². The van der Waals surface area contributed by atoms with Crippen LogP contribution in [-0.4, -0.2) is 38.9 Å². The molecule has 198 valence electrons. The second-order valence-electron chi connectivity index (χ2n) is 11.3. The SMILES string of the molecule is Cc1ccccc1C(c1ccccc1C)N(O)C(=O)[C@@H](N1C(=O)c2cccc3cccc(c23)C1=O)C(C)(C)C. The average molecular weight is 521 g/mol. The summed E-state index contributed by atoms with van der Waals surface area (Å²) in [5.41, 5.74) is 3.15. The van der Waals surface area contributed by atoms with E-state index >= 15 is 0 Å². The molecule has 6 nitrogen and oxygen atoms in total. The third-order valence-electron chi connectivity index (χ3n) is 7.55. The van der Waals surface area contributed by atoms with Gasteiger partial charge in [-0.25, -0.2) is 5.06 Å². The molecule has 0 unspecified atom stereocenters. The number of hydrogen-bond donors (Lipinski definition) is 1. The Kier molecular flexibility index (Phi) is 6.60. The van der Waals surface area contributed by atoms with E-state index in [0.29, 0.717) is 21.6 Å². The first-order valence-corrected chi connectivity index (χ1v) is 13.0. The molecule has 0 saturated heterocycles. The van der Waals surface area contributed by atoms with Gasteiger partial charge in [0.05, 0.1) is 0 Å². The summed E-state index contributed by atoms with van der Waals surface area (Å²) in [6, 6.07) is 23.6. The van der Waals surface area contributed by atoms with Crippen LogP contribution in [-0.2, 0) is 4.79 Å². The number of aryl methyl sites for hydroxylation is 2. The molecule has 39 heavy (non-hydrogen) atoms. The third kappa shape index (κ3) is 4.41. The quantitative estimate of drug-likeness (QED) is 0.186. The Morgan fingerprint density at radius 3 is 1.64 bits per heavy atom. The zero-order chi connectivity index (χ0) is 28.1. The van der Waals surface area contributed by atoms with Crippen molar-refractivity contribution in [3.8, 4) is 0 Å². The molecule has 1 N–H and O–H groups in total. The molecule has 6 heteroatoms. The highest BCUT2D eigenvalue weighted by Crippen LogP contribution is 2.38. The summed E-state index contributed by atoms with van der Waals surface area (Å²) >= 11 is 0.